The summed E-state index contributed by atoms with van der Waals surface area (Å²) in [5.74, 6) is -1.39. The minimum Gasteiger partial charge on any atom is -0.480 e. The number of aliphatic carboxylic acids is 1. The molecule has 14 heavy (non-hydrogen) atoms. The summed E-state index contributed by atoms with van der Waals surface area (Å²) in [7, 11) is 0. The fourth-order valence-corrected chi connectivity index (χ4v) is 1.49. The Morgan fingerprint density at radius 2 is 2.07 bits per heavy atom. The van der Waals surface area contributed by atoms with E-state index in [4.69, 9.17) is 9.84 Å². The van der Waals surface area contributed by atoms with Gasteiger partial charge in [0.1, 0.15) is 6.73 Å². The second-order valence-electron chi connectivity index (χ2n) is 3.75. The van der Waals surface area contributed by atoms with Gasteiger partial charge >= 0.3 is 5.97 Å². The van der Waals surface area contributed by atoms with Crippen molar-refractivity contribution in [2.45, 2.75) is 32.9 Å². The van der Waals surface area contributed by atoms with E-state index in [1.165, 1.54) is 4.90 Å². The Bertz CT molecular complexity index is 251. The normalized spacial score (nSPS) is 27.0. The van der Waals surface area contributed by atoms with Gasteiger partial charge in [-0.15, -0.1) is 0 Å². The summed E-state index contributed by atoms with van der Waals surface area (Å²) in [5, 5.41) is 8.91. The summed E-state index contributed by atoms with van der Waals surface area (Å²) in [6.07, 6.45) is -0.435. The van der Waals surface area contributed by atoms with Gasteiger partial charge in [0.15, 0.2) is 6.04 Å². The van der Waals surface area contributed by atoms with Gasteiger partial charge in [-0.2, -0.15) is 0 Å². The van der Waals surface area contributed by atoms with Gasteiger partial charge in [-0.1, -0.05) is 13.8 Å². The van der Waals surface area contributed by atoms with Crippen LogP contribution in [0.4, 0.5) is 0 Å². The molecule has 0 saturated carbocycles. The van der Waals surface area contributed by atoms with Crippen LogP contribution in [0.3, 0.4) is 0 Å². The van der Waals surface area contributed by atoms with E-state index in [1.54, 1.807) is 20.8 Å². The molecule has 0 aromatic carbocycles. The summed E-state index contributed by atoms with van der Waals surface area (Å²) < 4.78 is 5.13. The Kier molecular flexibility index (Phi) is 3.10. The van der Waals surface area contributed by atoms with Crippen molar-refractivity contribution in [3.8, 4) is 0 Å². The van der Waals surface area contributed by atoms with E-state index in [0.717, 1.165) is 0 Å². The van der Waals surface area contributed by atoms with Crippen molar-refractivity contribution in [3.05, 3.63) is 0 Å². The maximum atomic E-state index is 11.6. The summed E-state index contributed by atoms with van der Waals surface area (Å²) >= 11 is 0. The maximum absolute atomic E-state index is 11.6. The first kappa shape index (κ1) is 11.0. The topological polar surface area (TPSA) is 66.8 Å². The molecule has 5 heteroatoms. The number of carbonyl (C=O) groups is 2. The summed E-state index contributed by atoms with van der Waals surface area (Å²) in [6, 6.07) is -0.843. The Labute approximate surface area is 82.6 Å². The Balaban J connectivity index is 2.79. The van der Waals surface area contributed by atoms with Crippen molar-refractivity contribution in [2.75, 3.05) is 6.73 Å². The third-order valence-electron chi connectivity index (χ3n) is 2.29. The Hall–Kier alpha value is -1.10. The molecular weight excluding hydrogens is 186 g/mol. The molecule has 1 saturated heterocycles. The molecule has 1 aliphatic heterocycles. The maximum Gasteiger partial charge on any atom is 0.329 e. The van der Waals surface area contributed by atoms with Gasteiger partial charge in [0.05, 0.1) is 6.10 Å². The number of amides is 1. The number of carboxylic acid groups (broad SMARTS) is 1. The number of hydrogen-bond acceptors (Lipinski definition) is 3. The van der Waals surface area contributed by atoms with E-state index in [2.05, 4.69) is 0 Å². The van der Waals surface area contributed by atoms with Crippen molar-refractivity contribution >= 4 is 11.9 Å². The van der Waals surface area contributed by atoms with E-state index < -0.39 is 18.1 Å². The highest BCUT2D eigenvalue weighted by atomic mass is 16.5. The van der Waals surface area contributed by atoms with Crippen LogP contribution in [-0.4, -0.2) is 40.8 Å². The molecule has 0 aliphatic carbocycles. The highest BCUT2D eigenvalue weighted by molar-refractivity contribution is 5.85. The smallest absolute Gasteiger partial charge is 0.329 e. The molecule has 0 radical (unpaired) electrons. The average molecular weight is 201 g/mol. The van der Waals surface area contributed by atoms with Crippen LogP contribution in [0.25, 0.3) is 0 Å². The van der Waals surface area contributed by atoms with Crippen LogP contribution in [0.2, 0.25) is 0 Å². The van der Waals surface area contributed by atoms with Crippen LogP contribution in [0.5, 0.6) is 0 Å². The number of carbonyl (C=O) groups excluding carboxylic acids is 1. The van der Waals surface area contributed by atoms with Gasteiger partial charge in [-0.3, -0.25) is 4.79 Å². The second kappa shape index (κ2) is 3.96. The molecule has 0 unspecified atom stereocenters. The fraction of sp³-hybridized carbons (Fsp3) is 0.778. The lowest BCUT2D eigenvalue weighted by molar-refractivity contribution is -0.149. The van der Waals surface area contributed by atoms with Gasteiger partial charge in [0, 0.05) is 5.92 Å². The van der Waals surface area contributed by atoms with E-state index in [1.807, 2.05) is 0 Å². The predicted octanol–water partition coefficient (Wildman–Crippen LogP) is 0.300. The molecule has 2 atom stereocenters. The summed E-state index contributed by atoms with van der Waals surface area (Å²) in [6.45, 7) is 5.22. The molecule has 1 N–H and O–H groups in total. The monoisotopic (exact) mass is 201 g/mol. The van der Waals surface area contributed by atoms with E-state index in [0.29, 0.717) is 0 Å². The average Bonchev–Trinajstić information content (AvgIpc) is 2.45. The van der Waals surface area contributed by atoms with Gasteiger partial charge in [0.2, 0.25) is 5.91 Å². The minimum absolute atomic E-state index is 0.0785. The highest BCUT2D eigenvalue weighted by Crippen LogP contribution is 2.19. The lowest BCUT2D eigenvalue weighted by atomic mass is 10.1. The largest absolute Gasteiger partial charge is 0.480 e. The number of hydrogen-bond donors (Lipinski definition) is 1. The first-order chi connectivity index (χ1) is 6.45. The van der Waals surface area contributed by atoms with E-state index >= 15 is 0 Å². The molecule has 0 spiro atoms. The quantitative estimate of drug-likeness (QED) is 0.697. The van der Waals surface area contributed by atoms with Gasteiger partial charge < -0.3 is 14.7 Å². The molecule has 0 bridgehead atoms. The van der Waals surface area contributed by atoms with Crippen molar-refractivity contribution in [3.63, 3.8) is 0 Å². The van der Waals surface area contributed by atoms with Crippen LogP contribution in [0.1, 0.15) is 20.8 Å². The zero-order chi connectivity index (χ0) is 10.9. The van der Waals surface area contributed by atoms with Crippen molar-refractivity contribution in [2.24, 2.45) is 5.92 Å². The zero-order valence-electron chi connectivity index (χ0n) is 8.56. The minimum atomic E-state index is -1.01. The van der Waals surface area contributed by atoms with Crippen LogP contribution < -0.4 is 0 Å². The number of ether oxygens (including phenoxy) is 1. The molecule has 0 aromatic rings. The number of carboxylic acids is 1. The second-order valence-corrected chi connectivity index (χ2v) is 3.75. The first-order valence-electron chi connectivity index (χ1n) is 4.60. The number of nitrogens with zero attached hydrogens (tertiary/aromatic N) is 1. The SMILES string of the molecule is CC(C)C(=O)N1CO[C@H](C)[C@H]1C(=O)O. The highest BCUT2D eigenvalue weighted by Gasteiger charge is 2.41. The lowest BCUT2D eigenvalue weighted by Crippen LogP contribution is -2.45. The fourth-order valence-electron chi connectivity index (χ4n) is 1.49. The standard InChI is InChI=1S/C9H15NO4/c1-5(2)8(11)10-4-14-6(3)7(10)9(12)13/h5-7H,4H2,1-3H3,(H,12,13)/t6-,7+/m1/s1. The third kappa shape index (κ3) is 1.87. The van der Waals surface area contributed by atoms with E-state index in [-0.39, 0.29) is 18.6 Å². The van der Waals surface area contributed by atoms with Gasteiger partial charge in [0.25, 0.3) is 0 Å². The van der Waals surface area contributed by atoms with E-state index in [9.17, 15) is 9.59 Å². The van der Waals surface area contributed by atoms with Gasteiger partial charge in [-0.25, -0.2) is 4.79 Å². The lowest BCUT2D eigenvalue weighted by Gasteiger charge is -2.22. The molecule has 1 aliphatic rings. The van der Waals surface area contributed by atoms with Crippen molar-refractivity contribution in [1.29, 1.82) is 0 Å². The van der Waals surface area contributed by atoms with Crippen LogP contribution in [0.15, 0.2) is 0 Å². The molecule has 1 fully saturated rings. The van der Waals surface area contributed by atoms with Crippen LogP contribution in [-0.2, 0) is 14.3 Å². The van der Waals surface area contributed by atoms with Gasteiger partial charge in [-0.05, 0) is 6.92 Å². The van der Waals surface area contributed by atoms with Crippen LogP contribution in [0, 0.1) is 5.92 Å². The molecule has 1 heterocycles. The molecule has 1 rings (SSSR count). The molecular formula is C9H15NO4. The summed E-state index contributed by atoms with van der Waals surface area (Å²) in [5.41, 5.74) is 0. The first-order valence-corrected chi connectivity index (χ1v) is 4.60. The zero-order valence-corrected chi connectivity index (χ0v) is 8.56. The van der Waals surface area contributed by atoms with Crippen molar-refractivity contribution < 1.29 is 19.4 Å². The molecule has 5 nitrogen and oxygen atoms in total. The third-order valence-corrected chi connectivity index (χ3v) is 2.29. The Morgan fingerprint density at radius 1 is 1.50 bits per heavy atom. The predicted molar refractivity (Wildman–Crippen MR) is 48.5 cm³/mol. The molecule has 0 aromatic heterocycles. The Morgan fingerprint density at radius 3 is 2.50 bits per heavy atom. The van der Waals surface area contributed by atoms with Crippen LogP contribution >= 0.6 is 0 Å². The molecule has 80 valence electrons. The summed E-state index contributed by atoms with van der Waals surface area (Å²) in [4.78, 5) is 23.7. The number of rotatable bonds is 2. The molecule has 1 amide bonds. The van der Waals surface area contributed by atoms with Crippen molar-refractivity contribution in [1.82, 2.24) is 4.90 Å².